The van der Waals surface area contributed by atoms with Gasteiger partial charge in [0.1, 0.15) is 11.6 Å². The molecule has 0 saturated carbocycles. The summed E-state index contributed by atoms with van der Waals surface area (Å²) in [6, 6.07) is 7.09. The van der Waals surface area contributed by atoms with Gasteiger partial charge in [0.15, 0.2) is 5.13 Å². The van der Waals surface area contributed by atoms with Crippen LogP contribution in [0.2, 0.25) is 0 Å². The standard InChI is InChI=1S/C22H25F2N3OS/c1-5-26(6-2)9-10-27(21(28)17-8-7-16(23)13-18(17)24)22-25-19-12-14(3)11-15(4)20(19)29-22/h7-8,11-13H,5-6,9-10H2,1-4H3. The molecule has 4 nitrogen and oxygen atoms in total. The number of nitrogens with zero attached hydrogens (tertiary/aromatic N) is 3. The second-order valence-electron chi connectivity index (χ2n) is 7.03. The van der Waals surface area contributed by atoms with Crippen molar-refractivity contribution in [3.8, 4) is 0 Å². The van der Waals surface area contributed by atoms with Crippen LogP contribution in [0.3, 0.4) is 0 Å². The van der Waals surface area contributed by atoms with Crippen LogP contribution in [0.5, 0.6) is 0 Å². The largest absolute Gasteiger partial charge is 0.302 e. The van der Waals surface area contributed by atoms with Gasteiger partial charge in [-0.05, 0) is 56.3 Å². The molecule has 2 aromatic carbocycles. The normalized spacial score (nSPS) is 11.4. The Labute approximate surface area is 173 Å². The van der Waals surface area contributed by atoms with Crippen molar-refractivity contribution in [3.05, 3.63) is 58.7 Å². The van der Waals surface area contributed by atoms with E-state index in [0.717, 1.165) is 46.6 Å². The van der Waals surface area contributed by atoms with E-state index >= 15 is 0 Å². The molecule has 0 fully saturated rings. The van der Waals surface area contributed by atoms with Gasteiger partial charge in [0.05, 0.1) is 15.8 Å². The van der Waals surface area contributed by atoms with Gasteiger partial charge in [-0.2, -0.15) is 0 Å². The lowest BCUT2D eigenvalue weighted by atomic mass is 10.1. The lowest BCUT2D eigenvalue weighted by Crippen LogP contribution is -2.39. The quantitative estimate of drug-likeness (QED) is 0.531. The zero-order chi connectivity index (χ0) is 21.1. The fraction of sp³-hybridized carbons (Fsp3) is 0.364. The van der Waals surface area contributed by atoms with E-state index in [-0.39, 0.29) is 5.56 Å². The van der Waals surface area contributed by atoms with Gasteiger partial charge < -0.3 is 4.90 Å². The van der Waals surface area contributed by atoms with Crippen molar-refractivity contribution in [2.75, 3.05) is 31.1 Å². The van der Waals surface area contributed by atoms with E-state index in [1.165, 1.54) is 22.3 Å². The monoisotopic (exact) mass is 417 g/mol. The smallest absolute Gasteiger partial charge is 0.263 e. The van der Waals surface area contributed by atoms with Gasteiger partial charge in [0, 0.05) is 19.2 Å². The summed E-state index contributed by atoms with van der Waals surface area (Å²) < 4.78 is 28.6. The number of hydrogen-bond acceptors (Lipinski definition) is 4. The van der Waals surface area contributed by atoms with Gasteiger partial charge in [-0.3, -0.25) is 9.69 Å². The predicted molar refractivity (Wildman–Crippen MR) is 115 cm³/mol. The van der Waals surface area contributed by atoms with Crippen LogP contribution in [0.4, 0.5) is 13.9 Å². The molecule has 7 heteroatoms. The molecule has 0 spiro atoms. The molecule has 29 heavy (non-hydrogen) atoms. The Hall–Kier alpha value is -2.38. The first-order valence-electron chi connectivity index (χ1n) is 9.71. The van der Waals surface area contributed by atoms with Crippen LogP contribution in [-0.4, -0.2) is 42.0 Å². The Morgan fingerprint density at radius 2 is 1.79 bits per heavy atom. The van der Waals surface area contributed by atoms with E-state index in [1.807, 2.05) is 19.9 Å². The van der Waals surface area contributed by atoms with Crippen LogP contribution >= 0.6 is 11.3 Å². The molecule has 0 aliphatic carbocycles. The summed E-state index contributed by atoms with van der Waals surface area (Å²) in [4.78, 5) is 21.6. The number of thiazole rings is 1. The van der Waals surface area contributed by atoms with Crippen molar-refractivity contribution < 1.29 is 13.6 Å². The van der Waals surface area contributed by atoms with E-state index in [1.54, 1.807) is 0 Å². The molecule has 0 atom stereocenters. The number of aromatic nitrogens is 1. The summed E-state index contributed by atoms with van der Waals surface area (Å²) in [5.41, 5.74) is 2.85. The molecular formula is C22H25F2N3OS. The maximum atomic E-state index is 14.3. The van der Waals surface area contributed by atoms with Gasteiger partial charge >= 0.3 is 0 Å². The molecule has 1 heterocycles. The van der Waals surface area contributed by atoms with Crippen LogP contribution in [0, 0.1) is 25.5 Å². The second kappa shape index (κ2) is 8.97. The Bertz CT molecular complexity index is 1030. The third kappa shape index (κ3) is 4.62. The minimum atomic E-state index is -0.865. The maximum Gasteiger partial charge on any atom is 0.263 e. The number of amides is 1. The molecular weight excluding hydrogens is 392 g/mol. The second-order valence-corrected chi connectivity index (χ2v) is 8.01. The summed E-state index contributed by atoms with van der Waals surface area (Å²) in [7, 11) is 0. The molecule has 0 aliphatic rings. The van der Waals surface area contributed by atoms with Crippen molar-refractivity contribution in [1.82, 2.24) is 9.88 Å². The number of anilines is 1. The van der Waals surface area contributed by atoms with E-state index in [2.05, 4.69) is 29.8 Å². The zero-order valence-electron chi connectivity index (χ0n) is 17.1. The highest BCUT2D eigenvalue weighted by atomic mass is 32.1. The maximum absolute atomic E-state index is 14.3. The fourth-order valence-corrected chi connectivity index (χ4v) is 4.39. The first kappa shape index (κ1) is 21.3. The molecule has 0 saturated heterocycles. The first-order chi connectivity index (χ1) is 13.8. The zero-order valence-corrected chi connectivity index (χ0v) is 17.9. The molecule has 0 aliphatic heterocycles. The third-order valence-corrected chi connectivity index (χ3v) is 6.21. The lowest BCUT2D eigenvalue weighted by Gasteiger charge is -2.24. The van der Waals surface area contributed by atoms with Crippen LogP contribution in [0.25, 0.3) is 10.2 Å². The van der Waals surface area contributed by atoms with Gasteiger partial charge in [-0.25, -0.2) is 13.8 Å². The number of likely N-dealkylation sites (N-methyl/N-ethyl adjacent to an activating group) is 1. The van der Waals surface area contributed by atoms with E-state index in [0.29, 0.717) is 18.2 Å². The third-order valence-electron chi connectivity index (χ3n) is 4.98. The van der Waals surface area contributed by atoms with Crippen LogP contribution in [0.1, 0.15) is 35.3 Å². The van der Waals surface area contributed by atoms with Crippen molar-refractivity contribution >= 4 is 32.6 Å². The minimum absolute atomic E-state index is 0.155. The Morgan fingerprint density at radius 3 is 2.45 bits per heavy atom. The summed E-state index contributed by atoms with van der Waals surface area (Å²) >= 11 is 1.42. The predicted octanol–water partition coefficient (Wildman–Crippen LogP) is 5.18. The molecule has 0 radical (unpaired) electrons. The Kier molecular flexibility index (Phi) is 6.59. The van der Waals surface area contributed by atoms with E-state index in [9.17, 15) is 13.6 Å². The molecule has 154 valence electrons. The average Bonchev–Trinajstić information content (AvgIpc) is 3.09. The number of carbonyl (C=O) groups excluding carboxylic acids is 1. The SMILES string of the molecule is CCN(CC)CCN(C(=O)c1ccc(F)cc1F)c1nc2cc(C)cc(C)c2s1. The Morgan fingerprint density at radius 1 is 1.07 bits per heavy atom. The van der Waals surface area contributed by atoms with Crippen LogP contribution in [0.15, 0.2) is 30.3 Å². The Balaban J connectivity index is 2.02. The molecule has 0 N–H and O–H groups in total. The molecule has 3 rings (SSSR count). The molecule has 1 amide bonds. The van der Waals surface area contributed by atoms with Gasteiger partial charge in [0.2, 0.25) is 0 Å². The number of benzene rings is 2. The summed E-state index contributed by atoms with van der Waals surface area (Å²) in [5, 5.41) is 0.523. The highest BCUT2D eigenvalue weighted by Gasteiger charge is 2.25. The van der Waals surface area contributed by atoms with Crippen molar-refractivity contribution in [1.29, 1.82) is 0 Å². The number of carbonyl (C=O) groups is 1. The average molecular weight is 418 g/mol. The molecule has 3 aromatic rings. The van der Waals surface area contributed by atoms with Crippen molar-refractivity contribution in [2.45, 2.75) is 27.7 Å². The molecule has 0 unspecified atom stereocenters. The number of fused-ring (bicyclic) bond motifs is 1. The topological polar surface area (TPSA) is 36.4 Å². The fourth-order valence-electron chi connectivity index (χ4n) is 3.35. The number of halogens is 2. The van der Waals surface area contributed by atoms with Gasteiger partial charge in [0.25, 0.3) is 5.91 Å². The molecule has 1 aromatic heterocycles. The summed E-state index contributed by atoms with van der Waals surface area (Å²) in [6.45, 7) is 10.8. The summed E-state index contributed by atoms with van der Waals surface area (Å²) in [5.74, 6) is -2.08. The van der Waals surface area contributed by atoms with Crippen LogP contribution in [-0.2, 0) is 0 Å². The first-order valence-corrected chi connectivity index (χ1v) is 10.5. The molecule has 0 bridgehead atoms. The van der Waals surface area contributed by atoms with E-state index < -0.39 is 17.5 Å². The highest BCUT2D eigenvalue weighted by Crippen LogP contribution is 2.33. The lowest BCUT2D eigenvalue weighted by molar-refractivity contribution is 0.0980. The highest BCUT2D eigenvalue weighted by molar-refractivity contribution is 7.22. The van der Waals surface area contributed by atoms with E-state index in [4.69, 9.17) is 0 Å². The van der Waals surface area contributed by atoms with Crippen molar-refractivity contribution in [3.63, 3.8) is 0 Å². The van der Waals surface area contributed by atoms with Gasteiger partial charge in [-0.1, -0.05) is 31.3 Å². The minimum Gasteiger partial charge on any atom is -0.302 e. The number of rotatable bonds is 7. The van der Waals surface area contributed by atoms with Gasteiger partial charge in [-0.15, -0.1) is 0 Å². The summed E-state index contributed by atoms with van der Waals surface area (Å²) in [6.07, 6.45) is 0. The number of hydrogen-bond donors (Lipinski definition) is 0. The number of aryl methyl sites for hydroxylation is 2. The van der Waals surface area contributed by atoms with Crippen molar-refractivity contribution in [2.24, 2.45) is 0 Å². The van der Waals surface area contributed by atoms with Crippen LogP contribution < -0.4 is 4.90 Å².